The molecule has 0 aromatic heterocycles. The third-order valence-corrected chi connectivity index (χ3v) is 6.77. The summed E-state index contributed by atoms with van der Waals surface area (Å²) in [5, 5.41) is 19.6. The average molecular weight is 587 g/mol. The minimum Gasteiger partial charge on any atom is -0.497 e. The number of carboxylic acids is 1. The Bertz CT molecular complexity index is 1270. The molecule has 2 N–H and O–H groups in total. The molecule has 3 unspecified atom stereocenters. The lowest BCUT2D eigenvalue weighted by Crippen LogP contribution is -2.37. The maximum Gasteiger partial charge on any atom is 0.340 e. The number of carbonyl (C=O) groups excluding carboxylic acids is 1. The number of carbonyl (C=O) groups is 2. The number of hydrogen-bond donors (Lipinski definition) is 2. The zero-order valence-corrected chi connectivity index (χ0v) is 24.5. The molecule has 0 bridgehead atoms. The Morgan fingerprint density at radius 2 is 1.90 bits per heavy atom. The molecule has 9 nitrogen and oxygen atoms in total. The van der Waals surface area contributed by atoms with Gasteiger partial charge in [0.2, 0.25) is 0 Å². The van der Waals surface area contributed by atoms with Crippen LogP contribution in [-0.2, 0) is 14.2 Å². The van der Waals surface area contributed by atoms with Crippen molar-refractivity contribution in [3.8, 4) is 11.5 Å². The molecular formula is C32H39FO9. The van der Waals surface area contributed by atoms with E-state index in [0.717, 1.165) is 0 Å². The largest absolute Gasteiger partial charge is 0.497 e. The number of ether oxygens (including phenoxy) is 5. The Labute approximate surface area is 245 Å². The van der Waals surface area contributed by atoms with Crippen molar-refractivity contribution in [3.63, 3.8) is 0 Å². The molecule has 1 aliphatic heterocycles. The number of allylic oxidation sites excluding steroid dienone is 1. The van der Waals surface area contributed by atoms with E-state index in [4.69, 9.17) is 23.7 Å². The summed E-state index contributed by atoms with van der Waals surface area (Å²) in [5.41, 5.74) is -0.0949. The van der Waals surface area contributed by atoms with Crippen molar-refractivity contribution in [1.82, 2.24) is 0 Å². The fourth-order valence-electron chi connectivity index (χ4n) is 4.92. The summed E-state index contributed by atoms with van der Waals surface area (Å²) in [6, 6.07) is 11.3. The molecule has 4 atom stereocenters. The van der Waals surface area contributed by atoms with Crippen molar-refractivity contribution < 1.29 is 47.9 Å². The lowest BCUT2D eigenvalue weighted by Gasteiger charge is -2.27. The highest BCUT2D eigenvalue weighted by Crippen LogP contribution is 2.41. The van der Waals surface area contributed by atoms with Crippen molar-refractivity contribution in [2.75, 3.05) is 21.0 Å². The van der Waals surface area contributed by atoms with Crippen LogP contribution in [0.2, 0.25) is 0 Å². The molecule has 0 aliphatic carbocycles. The predicted octanol–water partition coefficient (Wildman–Crippen LogP) is 5.81. The molecule has 0 amide bonds. The van der Waals surface area contributed by atoms with Gasteiger partial charge in [-0.2, -0.15) is 0 Å². The fraction of sp³-hybridized carbons (Fsp3) is 0.438. The summed E-state index contributed by atoms with van der Waals surface area (Å²) < 4.78 is 43.3. The van der Waals surface area contributed by atoms with E-state index < -0.39 is 41.7 Å². The van der Waals surface area contributed by atoms with Crippen LogP contribution in [-0.4, -0.2) is 67.1 Å². The summed E-state index contributed by atoms with van der Waals surface area (Å²) in [6.45, 7) is 5.14. The van der Waals surface area contributed by atoms with Gasteiger partial charge in [0.05, 0.1) is 24.4 Å². The zero-order chi connectivity index (χ0) is 30.9. The first-order chi connectivity index (χ1) is 20.0. The van der Waals surface area contributed by atoms with E-state index in [-0.39, 0.29) is 36.0 Å². The van der Waals surface area contributed by atoms with Gasteiger partial charge in [0, 0.05) is 13.2 Å². The SMILES string of the molecule is COCOc1cc(OC)cc(/C=C/C[C@@H]2CC(C)(C)OC2C(OC(=O)c2ccccc2)/C(F)=C\CC(C)O)c1C(=O)O. The van der Waals surface area contributed by atoms with E-state index in [1.165, 1.54) is 33.3 Å². The average Bonchev–Trinajstić information content (AvgIpc) is 3.26. The number of esters is 1. The van der Waals surface area contributed by atoms with Crippen LogP contribution in [0.25, 0.3) is 6.08 Å². The number of rotatable bonds is 14. The van der Waals surface area contributed by atoms with E-state index in [1.54, 1.807) is 48.6 Å². The Morgan fingerprint density at radius 1 is 1.19 bits per heavy atom. The maximum atomic E-state index is 15.6. The van der Waals surface area contributed by atoms with E-state index in [2.05, 4.69) is 0 Å². The van der Waals surface area contributed by atoms with Gasteiger partial charge in [-0.05, 0) is 75.8 Å². The number of benzene rings is 2. The standard InChI is InChI=1S/C32H39FO9/c1-20(34)14-15-25(33)29(41-31(37)21-10-7-6-8-11-21)28-23(18-32(2,3)42-28)13-9-12-22-16-24(39-5)17-26(40-19-38-4)27(22)30(35)36/h6-12,15-17,20,23,28-29,34H,13-14,18-19H2,1-5H3,(H,35,36)/b12-9+,25-15+/t20?,23-,28?,29?/m1/s1. The minimum atomic E-state index is -1.35. The van der Waals surface area contributed by atoms with Crippen LogP contribution in [0.15, 0.2) is 60.4 Å². The van der Waals surface area contributed by atoms with Gasteiger partial charge in [-0.25, -0.2) is 14.0 Å². The van der Waals surface area contributed by atoms with Crippen LogP contribution >= 0.6 is 0 Å². The third-order valence-electron chi connectivity index (χ3n) is 6.77. The van der Waals surface area contributed by atoms with Gasteiger partial charge < -0.3 is 33.9 Å². The van der Waals surface area contributed by atoms with Gasteiger partial charge in [0.15, 0.2) is 12.9 Å². The Kier molecular flexibility index (Phi) is 11.7. The highest BCUT2D eigenvalue weighted by atomic mass is 19.1. The molecule has 1 heterocycles. The lowest BCUT2D eigenvalue weighted by atomic mass is 9.88. The second-order valence-electron chi connectivity index (χ2n) is 10.8. The van der Waals surface area contributed by atoms with Crippen LogP contribution in [0.1, 0.15) is 66.3 Å². The topological polar surface area (TPSA) is 121 Å². The van der Waals surface area contributed by atoms with E-state index in [1.807, 2.05) is 13.8 Å². The predicted molar refractivity (Wildman–Crippen MR) is 154 cm³/mol. The number of carboxylic acid groups (broad SMARTS) is 1. The van der Waals surface area contributed by atoms with Crippen molar-refractivity contribution in [2.24, 2.45) is 5.92 Å². The van der Waals surface area contributed by atoms with Crippen molar-refractivity contribution in [3.05, 3.63) is 77.1 Å². The van der Waals surface area contributed by atoms with Crippen molar-refractivity contribution in [2.45, 2.75) is 63.9 Å². The quantitative estimate of drug-likeness (QED) is 0.209. The molecule has 2 aromatic carbocycles. The van der Waals surface area contributed by atoms with Crippen LogP contribution in [0.4, 0.5) is 4.39 Å². The first-order valence-corrected chi connectivity index (χ1v) is 13.7. The lowest BCUT2D eigenvalue weighted by molar-refractivity contribution is -0.0805. The highest BCUT2D eigenvalue weighted by molar-refractivity contribution is 5.95. The fourth-order valence-corrected chi connectivity index (χ4v) is 4.92. The van der Waals surface area contributed by atoms with Crippen molar-refractivity contribution >= 4 is 18.0 Å². The normalized spacial score (nSPS) is 19.8. The Morgan fingerprint density at radius 3 is 2.52 bits per heavy atom. The molecule has 3 rings (SSSR count). The number of aliphatic hydroxyl groups is 1. The monoisotopic (exact) mass is 586 g/mol. The summed E-state index contributed by atoms with van der Waals surface area (Å²) in [4.78, 5) is 25.1. The van der Waals surface area contributed by atoms with Gasteiger partial charge in [-0.15, -0.1) is 0 Å². The second kappa shape index (κ2) is 14.9. The first-order valence-electron chi connectivity index (χ1n) is 13.7. The third kappa shape index (κ3) is 8.88. The molecule has 228 valence electrons. The zero-order valence-electron chi connectivity index (χ0n) is 24.5. The Balaban J connectivity index is 1.93. The van der Waals surface area contributed by atoms with Crippen LogP contribution in [0.5, 0.6) is 11.5 Å². The summed E-state index contributed by atoms with van der Waals surface area (Å²) >= 11 is 0. The van der Waals surface area contributed by atoms with Gasteiger partial charge >= 0.3 is 11.9 Å². The molecule has 42 heavy (non-hydrogen) atoms. The highest BCUT2D eigenvalue weighted by Gasteiger charge is 2.46. The number of aromatic carboxylic acids is 1. The van der Waals surface area contributed by atoms with Crippen LogP contribution < -0.4 is 9.47 Å². The van der Waals surface area contributed by atoms with Gasteiger partial charge in [-0.3, -0.25) is 0 Å². The van der Waals surface area contributed by atoms with E-state index >= 15 is 4.39 Å². The molecule has 10 heteroatoms. The molecule has 1 aliphatic rings. The van der Waals surface area contributed by atoms with Gasteiger partial charge in [0.25, 0.3) is 0 Å². The molecule has 0 radical (unpaired) electrons. The molecule has 1 fully saturated rings. The molecule has 2 aromatic rings. The smallest absolute Gasteiger partial charge is 0.340 e. The second-order valence-corrected chi connectivity index (χ2v) is 10.8. The van der Waals surface area contributed by atoms with Gasteiger partial charge in [-0.1, -0.05) is 30.4 Å². The number of halogens is 1. The number of methoxy groups -OCH3 is 2. The summed E-state index contributed by atoms with van der Waals surface area (Å²) in [6.07, 6.45) is 2.57. The molecule has 0 saturated carbocycles. The number of hydrogen-bond acceptors (Lipinski definition) is 8. The molecular weight excluding hydrogens is 547 g/mol. The number of aliphatic hydroxyl groups excluding tert-OH is 1. The van der Waals surface area contributed by atoms with E-state index in [9.17, 15) is 19.8 Å². The van der Waals surface area contributed by atoms with Crippen LogP contribution in [0.3, 0.4) is 0 Å². The van der Waals surface area contributed by atoms with Gasteiger partial charge in [0.1, 0.15) is 29.0 Å². The summed E-state index contributed by atoms with van der Waals surface area (Å²) in [5.74, 6) is -2.41. The maximum absolute atomic E-state index is 15.6. The Hall–Kier alpha value is -3.73. The minimum absolute atomic E-state index is 0.0349. The summed E-state index contributed by atoms with van der Waals surface area (Å²) in [7, 11) is 2.89. The first kappa shape index (κ1) is 32.8. The van der Waals surface area contributed by atoms with E-state index in [0.29, 0.717) is 24.2 Å². The van der Waals surface area contributed by atoms with Crippen LogP contribution in [0, 0.1) is 5.92 Å². The molecule has 0 spiro atoms. The molecule has 1 saturated heterocycles. The van der Waals surface area contributed by atoms with Crippen molar-refractivity contribution in [1.29, 1.82) is 0 Å².